The van der Waals surface area contributed by atoms with E-state index >= 15 is 0 Å². The molecule has 6 heteroatoms. The molecule has 6 nitrogen and oxygen atoms in total. The van der Waals surface area contributed by atoms with Gasteiger partial charge in [0.05, 0.1) is 12.6 Å². The molecule has 2 aliphatic rings. The highest BCUT2D eigenvalue weighted by Crippen LogP contribution is 2.32. The predicted molar refractivity (Wildman–Crippen MR) is 70.7 cm³/mol. The van der Waals surface area contributed by atoms with E-state index in [2.05, 4.69) is 0 Å². The van der Waals surface area contributed by atoms with Crippen LogP contribution in [0.5, 0.6) is 11.5 Å². The van der Waals surface area contributed by atoms with E-state index in [1.54, 1.807) is 18.2 Å². The van der Waals surface area contributed by atoms with Crippen LogP contribution >= 0.6 is 0 Å². The zero-order chi connectivity index (χ0) is 14.1. The van der Waals surface area contributed by atoms with E-state index in [0.29, 0.717) is 17.1 Å². The molecule has 1 fully saturated rings. The van der Waals surface area contributed by atoms with Crippen LogP contribution in [0.3, 0.4) is 0 Å². The van der Waals surface area contributed by atoms with Crippen LogP contribution in [0.25, 0.3) is 0 Å². The molecule has 2 N–H and O–H groups in total. The Morgan fingerprint density at radius 3 is 2.90 bits per heavy atom. The van der Waals surface area contributed by atoms with Gasteiger partial charge >= 0.3 is 0 Å². The van der Waals surface area contributed by atoms with E-state index in [1.807, 2.05) is 4.90 Å². The summed E-state index contributed by atoms with van der Waals surface area (Å²) in [6.45, 7) is 1.11. The monoisotopic (exact) mass is 276 g/mol. The zero-order valence-corrected chi connectivity index (χ0v) is 11.0. The van der Waals surface area contributed by atoms with E-state index in [9.17, 15) is 9.59 Å². The Labute approximate surface area is 116 Å². The van der Waals surface area contributed by atoms with Gasteiger partial charge in [0, 0.05) is 5.56 Å². The van der Waals surface area contributed by atoms with Gasteiger partial charge in [-0.1, -0.05) is 0 Å². The molecule has 0 radical (unpaired) electrons. The number of nitrogens with two attached hydrogens (primary N) is 1. The van der Waals surface area contributed by atoms with Crippen molar-refractivity contribution in [2.24, 2.45) is 5.73 Å². The smallest absolute Gasteiger partial charge is 0.234 e. The van der Waals surface area contributed by atoms with E-state index < -0.39 is 0 Å². The van der Waals surface area contributed by atoms with Crippen LogP contribution < -0.4 is 15.2 Å². The average Bonchev–Trinajstić information content (AvgIpc) is 3.05. The standard InChI is InChI=1S/C14H16N2O4/c15-14(18)10-2-1-5-16(10)7-11(17)9-3-4-12-13(6-9)20-8-19-12/h3-4,6,10H,1-2,5,7-8H2,(H2,15,18). The first kappa shape index (κ1) is 12.9. The minimum atomic E-state index is -0.360. The molecule has 1 unspecified atom stereocenters. The van der Waals surface area contributed by atoms with E-state index in [1.165, 1.54) is 0 Å². The summed E-state index contributed by atoms with van der Waals surface area (Å²) in [6, 6.07) is 4.80. The quantitative estimate of drug-likeness (QED) is 0.812. The van der Waals surface area contributed by atoms with Gasteiger partial charge in [-0.3, -0.25) is 14.5 Å². The lowest BCUT2D eigenvalue weighted by atomic mass is 10.1. The Morgan fingerprint density at radius 2 is 2.10 bits per heavy atom. The lowest BCUT2D eigenvalue weighted by molar-refractivity contribution is -0.122. The first-order valence-corrected chi connectivity index (χ1v) is 6.61. The van der Waals surface area contributed by atoms with Gasteiger partial charge in [-0.05, 0) is 37.6 Å². The summed E-state index contributed by atoms with van der Waals surface area (Å²) in [6.07, 6.45) is 1.62. The van der Waals surface area contributed by atoms with Crippen molar-refractivity contribution < 1.29 is 19.1 Å². The summed E-state index contributed by atoms with van der Waals surface area (Å²) >= 11 is 0. The molecule has 20 heavy (non-hydrogen) atoms. The lowest BCUT2D eigenvalue weighted by Gasteiger charge is -2.20. The third-order valence-electron chi connectivity index (χ3n) is 3.73. The van der Waals surface area contributed by atoms with Crippen molar-refractivity contribution >= 4 is 11.7 Å². The highest BCUT2D eigenvalue weighted by atomic mass is 16.7. The normalized spacial score (nSPS) is 21.1. The molecule has 1 atom stereocenters. The van der Waals surface area contributed by atoms with Gasteiger partial charge in [-0.25, -0.2) is 0 Å². The van der Waals surface area contributed by atoms with Crippen molar-refractivity contribution in [1.82, 2.24) is 4.90 Å². The third-order valence-corrected chi connectivity index (χ3v) is 3.73. The number of fused-ring (bicyclic) bond motifs is 1. The molecule has 0 spiro atoms. The molecular weight excluding hydrogens is 260 g/mol. The summed E-state index contributed by atoms with van der Waals surface area (Å²) in [5, 5.41) is 0. The van der Waals surface area contributed by atoms with E-state index in [-0.39, 0.29) is 31.1 Å². The maximum atomic E-state index is 12.3. The van der Waals surface area contributed by atoms with Gasteiger partial charge < -0.3 is 15.2 Å². The van der Waals surface area contributed by atoms with Gasteiger partial charge in [-0.15, -0.1) is 0 Å². The molecule has 0 aromatic heterocycles. The predicted octanol–water partition coefficient (Wildman–Crippen LogP) is 0.548. The van der Waals surface area contributed by atoms with Crippen LogP contribution in [0, 0.1) is 0 Å². The number of Topliss-reactive ketones (excluding diaryl/α,β-unsaturated/α-hetero) is 1. The number of nitrogens with zero attached hydrogens (tertiary/aromatic N) is 1. The second-order valence-electron chi connectivity index (χ2n) is 5.02. The maximum Gasteiger partial charge on any atom is 0.234 e. The third kappa shape index (κ3) is 2.34. The molecule has 2 aliphatic heterocycles. The number of rotatable bonds is 4. The molecule has 0 aliphatic carbocycles. The highest BCUT2D eigenvalue weighted by molar-refractivity contribution is 5.98. The number of amides is 1. The van der Waals surface area contributed by atoms with Gasteiger partial charge in [0.25, 0.3) is 0 Å². The summed E-state index contributed by atoms with van der Waals surface area (Å²) in [5.74, 6) is 0.832. The highest BCUT2D eigenvalue weighted by Gasteiger charge is 2.30. The Hall–Kier alpha value is -2.08. The fourth-order valence-electron chi connectivity index (χ4n) is 2.68. The Kier molecular flexibility index (Phi) is 3.31. The molecule has 2 heterocycles. The fourth-order valence-corrected chi connectivity index (χ4v) is 2.68. The van der Waals surface area contributed by atoms with Crippen LogP contribution in [-0.4, -0.2) is 42.5 Å². The molecule has 1 saturated heterocycles. The second-order valence-corrected chi connectivity index (χ2v) is 5.02. The van der Waals surface area contributed by atoms with E-state index in [4.69, 9.17) is 15.2 Å². The largest absolute Gasteiger partial charge is 0.454 e. The second kappa shape index (κ2) is 5.13. The molecule has 0 bridgehead atoms. The van der Waals surface area contributed by atoms with Crippen molar-refractivity contribution in [3.63, 3.8) is 0 Å². The van der Waals surface area contributed by atoms with Crippen LogP contribution in [0.1, 0.15) is 23.2 Å². The molecule has 1 aromatic rings. The summed E-state index contributed by atoms with van der Waals surface area (Å²) in [7, 11) is 0. The van der Waals surface area contributed by atoms with Gasteiger partial charge in [0.1, 0.15) is 0 Å². The minimum absolute atomic E-state index is 0.0450. The number of likely N-dealkylation sites (tertiary alicyclic amines) is 1. The van der Waals surface area contributed by atoms with Crippen LogP contribution in [0.2, 0.25) is 0 Å². The number of carbonyl (C=O) groups excluding carboxylic acids is 2. The van der Waals surface area contributed by atoms with Crippen molar-refractivity contribution in [3.8, 4) is 11.5 Å². The lowest BCUT2D eigenvalue weighted by Crippen LogP contribution is -2.42. The minimum Gasteiger partial charge on any atom is -0.454 e. The number of primary amides is 1. The van der Waals surface area contributed by atoms with Gasteiger partial charge in [-0.2, -0.15) is 0 Å². The van der Waals surface area contributed by atoms with Crippen molar-refractivity contribution in [3.05, 3.63) is 23.8 Å². The number of ketones is 1. The van der Waals surface area contributed by atoms with Crippen molar-refractivity contribution in [2.45, 2.75) is 18.9 Å². The zero-order valence-electron chi connectivity index (χ0n) is 11.0. The summed E-state index contributed by atoms with van der Waals surface area (Å²) < 4.78 is 10.5. The molecular formula is C14H16N2O4. The Balaban J connectivity index is 1.71. The Morgan fingerprint density at radius 1 is 1.30 bits per heavy atom. The topological polar surface area (TPSA) is 81.9 Å². The average molecular weight is 276 g/mol. The first-order chi connectivity index (χ1) is 9.65. The van der Waals surface area contributed by atoms with E-state index in [0.717, 1.165) is 19.4 Å². The van der Waals surface area contributed by atoms with Crippen LogP contribution in [0.15, 0.2) is 18.2 Å². The van der Waals surface area contributed by atoms with Crippen LogP contribution in [0.4, 0.5) is 0 Å². The van der Waals surface area contributed by atoms with Crippen molar-refractivity contribution in [2.75, 3.05) is 19.9 Å². The van der Waals surface area contributed by atoms with Gasteiger partial charge in [0.15, 0.2) is 17.3 Å². The maximum absolute atomic E-state index is 12.3. The fraction of sp³-hybridized carbons (Fsp3) is 0.429. The SMILES string of the molecule is NC(=O)C1CCCN1CC(=O)c1ccc2c(c1)OCO2. The summed E-state index contributed by atoms with van der Waals surface area (Å²) in [4.78, 5) is 25.4. The van der Waals surface area contributed by atoms with Gasteiger partial charge in [0.2, 0.25) is 12.7 Å². The summed E-state index contributed by atoms with van der Waals surface area (Å²) in [5.41, 5.74) is 5.91. The number of hydrogen-bond donors (Lipinski definition) is 1. The van der Waals surface area contributed by atoms with Crippen LogP contribution in [-0.2, 0) is 4.79 Å². The molecule has 1 amide bonds. The first-order valence-electron chi connectivity index (χ1n) is 6.61. The molecule has 0 saturated carbocycles. The molecule has 3 rings (SSSR count). The molecule has 106 valence electrons. The van der Waals surface area contributed by atoms with Crippen molar-refractivity contribution in [1.29, 1.82) is 0 Å². The number of ether oxygens (including phenoxy) is 2. The Bertz CT molecular complexity index is 558. The molecule has 1 aromatic carbocycles. The number of benzene rings is 1. The number of carbonyl (C=O) groups is 2. The number of hydrogen-bond acceptors (Lipinski definition) is 5.